The van der Waals surface area contributed by atoms with Gasteiger partial charge in [0.1, 0.15) is 18.1 Å². The largest absolute Gasteiger partial charge is 0.481 e. The van der Waals surface area contributed by atoms with E-state index in [1.165, 1.54) is 7.11 Å². The van der Waals surface area contributed by atoms with Gasteiger partial charge in [0, 0.05) is 23.6 Å². The number of ether oxygens (including phenoxy) is 2. The molecule has 1 heterocycles. The Morgan fingerprint density at radius 3 is 2.39 bits per heavy atom. The molecule has 36 heavy (non-hydrogen) atoms. The van der Waals surface area contributed by atoms with Crippen molar-refractivity contribution in [3.63, 3.8) is 0 Å². The van der Waals surface area contributed by atoms with Crippen molar-refractivity contribution in [2.24, 2.45) is 5.92 Å². The molecule has 0 saturated heterocycles. The number of carboxylic acids is 1. The Hall–Kier alpha value is -3.94. The van der Waals surface area contributed by atoms with E-state index in [4.69, 9.17) is 13.9 Å². The predicted octanol–water partition coefficient (Wildman–Crippen LogP) is 5.15. The zero-order valence-corrected chi connectivity index (χ0v) is 20.1. The predicted molar refractivity (Wildman–Crippen MR) is 137 cm³/mol. The van der Waals surface area contributed by atoms with E-state index in [0.717, 1.165) is 27.9 Å². The first-order chi connectivity index (χ1) is 17.5. The number of carbonyl (C=O) groups is 2. The minimum atomic E-state index is -0.917. The Bertz CT molecular complexity index is 1250. The number of hydrogen-bond donors (Lipinski definition) is 2. The van der Waals surface area contributed by atoms with Crippen LogP contribution < -0.4 is 5.32 Å². The molecule has 0 spiro atoms. The smallest absolute Gasteiger partial charge is 0.306 e. The lowest BCUT2D eigenvalue weighted by Crippen LogP contribution is -2.41. The average molecular weight is 488 g/mol. The number of aliphatic carboxylic acids is 1. The number of furan rings is 1. The van der Waals surface area contributed by atoms with E-state index >= 15 is 0 Å². The molecule has 7 nitrogen and oxygen atoms in total. The van der Waals surface area contributed by atoms with E-state index < -0.39 is 17.9 Å². The summed E-state index contributed by atoms with van der Waals surface area (Å²) in [7, 11) is 1.51. The van der Waals surface area contributed by atoms with Gasteiger partial charge in [0.05, 0.1) is 18.6 Å². The minimum absolute atomic E-state index is 0.0506. The molecule has 0 aliphatic rings. The lowest BCUT2D eigenvalue weighted by molar-refractivity contribution is -0.142. The van der Waals surface area contributed by atoms with E-state index in [1.807, 2.05) is 72.8 Å². The fourth-order valence-electron chi connectivity index (χ4n) is 4.13. The molecule has 4 aromatic rings. The molecule has 1 amide bonds. The van der Waals surface area contributed by atoms with Crippen molar-refractivity contribution >= 4 is 22.8 Å². The second-order valence-corrected chi connectivity index (χ2v) is 8.63. The molecule has 4 rings (SSSR count). The highest BCUT2D eigenvalue weighted by atomic mass is 16.7. The first kappa shape index (κ1) is 25.2. The summed E-state index contributed by atoms with van der Waals surface area (Å²) in [5.74, 6) is -1.18. The maximum absolute atomic E-state index is 13.0. The maximum atomic E-state index is 13.0. The molecule has 0 saturated carbocycles. The van der Waals surface area contributed by atoms with Crippen molar-refractivity contribution in [1.29, 1.82) is 0 Å². The minimum Gasteiger partial charge on any atom is -0.481 e. The van der Waals surface area contributed by atoms with Gasteiger partial charge in [-0.05, 0) is 42.7 Å². The van der Waals surface area contributed by atoms with Crippen LogP contribution in [0.1, 0.15) is 22.3 Å². The lowest BCUT2D eigenvalue weighted by atomic mass is 9.92. The fourth-order valence-corrected chi connectivity index (χ4v) is 4.13. The third-order valence-corrected chi connectivity index (χ3v) is 5.96. The van der Waals surface area contributed by atoms with Crippen molar-refractivity contribution < 1.29 is 28.6 Å². The van der Waals surface area contributed by atoms with Crippen molar-refractivity contribution in [3.8, 4) is 11.3 Å². The van der Waals surface area contributed by atoms with Gasteiger partial charge in [-0.1, -0.05) is 60.7 Å². The standard InChI is InChI=1S/C29H29NO6/c1-34-19-35-18-25(16-24(29(32)33)15-20-7-3-2-4-8-20)30-28(31)22-13-11-21(12-14-22)27-17-23-9-5-6-10-26(23)36-27/h2-14,17,24-25H,15-16,18-19H2,1H3,(H,30,31)(H,32,33)/t24-,25-/m0/s1. The Labute approximate surface area is 209 Å². The van der Waals surface area contributed by atoms with Crippen LogP contribution in [0.4, 0.5) is 0 Å². The molecule has 0 radical (unpaired) electrons. The molecule has 2 atom stereocenters. The van der Waals surface area contributed by atoms with Crippen molar-refractivity contribution in [3.05, 3.63) is 96.1 Å². The first-order valence-corrected chi connectivity index (χ1v) is 11.8. The zero-order valence-electron chi connectivity index (χ0n) is 20.1. The fraction of sp³-hybridized carbons (Fsp3) is 0.241. The number of amides is 1. The van der Waals surface area contributed by atoms with Gasteiger partial charge in [0.25, 0.3) is 5.91 Å². The molecular formula is C29H29NO6. The van der Waals surface area contributed by atoms with E-state index in [9.17, 15) is 14.7 Å². The maximum Gasteiger partial charge on any atom is 0.306 e. The van der Waals surface area contributed by atoms with Gasteiger partial charge in [0.2, 0.25) is 0 Å². The number of fused-ring (bicyclic) bond motifs is 1. The highest BCUT2D eigenvalue weighted by Crippen LogP contribution is 2.28. The van der Waals surface area contributed by atoms with Crippen LogP contribution in [0.2, 0.25) is 0 Å². The van der Waals surface area contributed by atoms with Crippen molar-refractivity contribution in [1.82, 2.24) is 5.32 Å². The molecule has 2 N–H and O–H groups in total. The van der Waals surface area contributed by atoms with Gasteiger partial charge in [-0.25, -0.2) is 0 Å². The third-order valence-electron chi connectivity index (χ3n) is 5.96. The molecule has 186 valence electrons. The Morgan fingerprint density at radius 2 is 1.69 bits per heavy atom. The summed E-state index contributed by atoms with van der Waals surface area (Å²) in [5, 5.41) is 13.8. The van der Waals surface area contributed by atoms with Crippen LogP contribution in [0.5, 0.6) is 0 Å². The number of para-hydroxylation sites is 1. The van der Waals surface area contributed by atoms with Gasteiger partial charge in [-0.2, -0.15) is 0 Å². The van der Waals surface area contributed by atoms with Crippen LogP contribution >= 0.6 is 0 Å². The summed E-state index contributed by atoms with van der Waals surface area (Å²) in [5.41, 5.74) is 3.05. The molecular weight excluding hydrogens is 458 g/mol. The Kier molecular flexibility index (Phi) is 8.49. The van der Waals surface area contributed by atoms with E-state index in [-0.39, 0.29) is 25.7 Å². The number of hydrogen-bond acceptors (Lipinski definition) is 5. The summed E-state index contributed by atoms with van der Waals surface area (Å²) >= 11 is 0. The van der Waals surface area contributed by atoms with E-state index in [2.05, 4.69) is 5.32 Å². The highest BCUT2D eigenvalue weighted by Gasteiger charge is 2.25. The quantitative estimate of drug-likeness (QED) is 0.212. The van der Waals surface area contributed by atoms with Gasteiger partial charge in [-0.15, -0.1) is 0 Å². The van der Waals surface area contributed by atoms with Crippen LogP contribution in [-0.4, -0.2) is 43.5 Å². The Morgan fingerprint density at radius 1 is 0.972 bits per heavy atom. The van der Waals surface area contributed by atoms with Gasteiger partial charge in [-0.3, -0.25) is 9.59 Å². The molecule has 1 aromatic heterocycles. The Balaban J connectivity index is 1.45. The van der Waals surface area contributed by atoms with Gasteiger partial charge >= 0.3 is 5.97 Å². The lowest BCUT2D eigenvalue weighted by Gasteiger charge is -2.22. The van der Waals surface area contributed by atoms with Gasteiger partial charge < -0.3 is 24.3 Å². The zero-order chi connectivity index (χ0) is 25.3. The molecule has 0 aliphatic carbocycles. The second-order valence-electron chi connectivity index (χ2n) is 8.63. The molecule has 0 fully saturated rings. The number of carboxylic acid groups (broad SMARTS) is 1. The van der Waals surface area contributed by atoms with Crippen LogP contribution in [0.15, 0.2) is 89.3 Å². The van der Waals surface area contributed by atoms with E-state index in [0.29, 0.717) is 12.0 Å². The van der Waals surface area contributed by atoms with Gasteiger partial charge in [0.15, 0.2) is 0 Å². The first-order valence-electron chi connectivity index (χ1n) is 11.8. The summed E-state index contributed by atoms with van der Waals surface area (Å²) in [6, 6.07) is 25.8. The number of rotatable bonds is 12. The van der Waals surface area contributed by atoms with Crippen molar-refractivity contribution in [2.45, 2.75) is 18.9 Å². The van der Waals surface area contributed by atoms with Crippen LogP contribution in [0.25, 0.3) is 22.3 Å². The average Bonchev–Trinajstić information content (AvgIpc) is 3.33. The number of benzene rings is 3. The van der Waals surface area contributed by atoms with E-state index in [1.54, 1.807) is 12.1 Å². The monoisotopic (exact) mass is 487 g/mol. The summed E-state index contributed by atoms with van der Waals surface area (Å²) in [4.78, 5) is 25.0. The van der Waals surface area contributed by atoms with Crippen LogP contribution in [0, 0.1) is 5.92 Å². The molecule has 7 heteroatoms. The van der Waals surface area contributed by atoms with Crippen molar-refractivity contribution in [2.75, 3.05) is 20.5 Å². The highest BCUT2D eigenvalue weighted by molar-refractivity contribution is 5.95. The normalized spacial score (nSPS) is 12.8. The number of methoxy groups -OCH3 is 1. The van der Waals surface area contributed by atoms with Crippen LogP contribution in [0.3, 0.4) is 0 Å². The number of nitrogens with one attached hydrogen (secondary N) is 1. The number of carbonyl (C=O) groups excluding carboxylic acids is 1. The SMILES string of the molecule is COCOC[C@H](C[C@H](Cc1ccccc1)C(=O)O)NC(=O)c1ccc(-c2cc3ccccc3o2)cc1. The molecule has 0 unspecified atom stereocenters. The van der Waals surface area contributed by atoms with Crippen LogP contribution in [-0.2, 0) is 20.7 Å². The summed E-state index contributed by atoms with van der Waals surface area (Å²) in [6.45, 7) is 0.185. The molecule has 3 aromatic carbocycles. The summed E-state index contributed by atoms with van der Waals surface area (Å²) < 4.78 is 16.3. The molecule has 0 aliphatic heterocycles. The third kappa shape index (κ3) is 6.59. The summed E-state index contributed by atoms with van der Waals surface area (Å²) in [6.07, 6.45) is 0.579. The topological polar surface area (TPSA) is 98.0 Å². The second kappa shape index (κ2) is 12.2. The molecule has 0 bridgehead atoms.